The molecule has 1 N–H and O–H groups in total. The number of amides is 1. The zero-order valence-corrected chi connectivity index (χ0v) is 14.1. The number of nitro groups is 1. The smallest absolute Gasteiger partial charge is 0.271 e. The monoisotopic (exact) mass is 418 g/mol. The van der Waals surface area contributed by atoms with Crippen LogP contribution in [0.25, 0.3) is 0 Å². The molecule has 1 aromatic carbocycles. The molecule has 0 spiro atoms. The third-order valence-corrected chi connectivity index (χ3v) is 5.32. The Morgan fingerprint density at radius 1 is 1.35 bits per heavy atom. The molecular formula is C12H8Br2N2O3S. The zero-order valence-electron chi connectivity index (χ0n) is 10.1. The first-order valence-electron chi connectivity index (χ1n) is 5.39. The van der Waals surface area contributed by atoms with Crippen LogP contribution in [0.5, 0.6) is 0 Å². The van der Waals surface area contributed by atoms with Crippen LogP contribution in [-0.4, -0.2) is 10.8 Å². The number of thiophene rings is 1. The number of carbonyl (C=O) groups excluding carboxylic acids is 1. The van der Waals surface area contributed by atoms with Gasteiger partial charge in [0.05, 0.1) is 19.3 Å². The van der Waals surface area contributed by atoms with Crippen molar-refractivity contribution in [2.24, 2.45) is 0 Å². The van der Waals surface area contributed by atoms with E-state index in [1.807, 2.05) is 6.92 Å². The lowest BCUT2D eigenvalue weighted by molar-refractivity contribution is -0.384. The lowest BCUT2D eigenvalue weighted by atomic mass is 10.2. The Bertz CT molecular complexity index is 681. The molecule has 0 aliphatic carbocycles. The molecule has 20 heavy (non-hydrogen) atoms. The number of carbonyl (C=O) groups is 1. The number of rotatable bonds is 3. The summed E-state index contributed by atoms with van der Waals surface area (Å²) in [5, 5.41) is 13.4. The maximum Gasteiger partial charge on any atom is 0.271 e. The Labute approximate surface area is 135 Å². The van der Waals surface area contributed by atoms with Crippen molar-refractivity contribution in [2.45, 2.75) is 6.92 Å². The molecule has 0 saturated heterocycles. The Morgan fingerprint density at radius 3 is 2.60 bits per heavy atom. The fourth-order valence-corrected chi connectivity index (χ4v) is 3.25. The summed E-state index contributed by atoms with van der Waals surface area (Å²) >= 11 is 7.93. The van der Waals surface area contributed by atoms with Gasteiger partial charge in [0.15, 0.2) is 0 Å². The fourth-order valence-electron chi connectivity index (χ4n) is 1.48. The quantitative estimate of drug-likeness (QED) is 0.576. The van der Waals surface area contributed by atoms with E-state index in [1.165, 1.54) is 29.5 Å². The number of nitrogens with zero attached hydrogens (tertiary/aromatic N) is 1. The zero-order chi connectivity index (χ0) is 14.9. The lowest BCUT2D eigenvalue weighted by Crippen LogP contribution is -2.10. The van der Waals surface area contributed by atoms with Crippen molar-refractivity contribution < 1.29 is 9.72 Å². The third kappa shape index (κ3) is 3.25. The predicted molar refractivity (Wildman–Crippen MR) is 85.5 cm³/mol. The first kappa shape index (κ1) is 15.1. The SMILES string of the molecule is Cc1cc(C(=O)Nc2cc([N+](=O)[O-])ccc2Br)sc1Br. The number of non-ortho nitro benzene ring substituents is 1. The molecular weight excluding hydrogens is 412 g/mol. The topological polar surface area (TPSA) is 72.2 Å². The molecule has 5 nitrogen and oxygen atoms in total. The summed E-state index contributed by atoms with van der Waals surface area (Å²) in [7, 11) is 0. The van der Waals surface area contributed by atoms with Crippen molar-refractivity contribution in [3.8, 4) is 0 Å². The first-order valence-corrected chi connectivity index (χ1v) is 7.80. The first-order chi connectivity index (χ1) is 9.38. The number of hydrogen-bond donors (Lipinski definition) is 1. The maximum atomic E-state index is 12.1. The summed E-state index contributed by atoms with van der Waals surface area (Å²) in [5.74, 6) is -0.301. The minimum absolute atomic E-state index is 0.0768. The van der Waals surface area contributed by atoms with Crippen LogP contribution in [0, 0.1) is 17.0 Å². The van der Waals surface area contributed by atoms with Crippen LogP contribution in [0.2, 0.25) is 0 Å². The van der Waals surface area contributed by atoms with E-state index in [-0.39, 0.29) is 11.6 Å². The largest absolute Gasteiger partial charge is 0.320 e. The molecule has 0 unspecified atom stereocenters. The molecule has 0 saturated carbocycles. The number of hydrogen-bond acceptors (Lipinski definition) is 4. The summed E-state index contributed by atoms with van der Waals surface area (Å²) in [5.41, 5.74) is 1.26. The van der Waals surface area contributed by atoms with Gasteiger partial charge in [-0.1, -0.05) is 0 Å². The average molecular weight is 420 g/mol. The molecule has 2 aromatic rings. The van der Waals surface area contributed by atoms with Gasteiger partial charge >= 0.3 is 0 Å². The highest BCUT2D eigenvalue weighted by molar-refractivity contribution is 9.11. The van der Waals surface area contributed by atoms with Gasteiger partial charge in [0.25, 0.3) is 11.6 Å². The molecule has 0 aliphatic rings. The molecule has 0 aliphatic heterocycles. The summed E-state index contributed by atoms with van der Waals surface area (Å²) in [6, 6.07) is 5.97. The van der Waals surface area contributed by atoms with E-state index in [4.69, 9.17) is 0 Å². The second kappa shape index (κ2) is 6.02. The van der Waals surface area contributed by atoms with Crippen LogP contribution in [0.1, 0.15) is 15.2 Å². The van der Waals surface area contributed by atoms with Crippen molar-refractivity contribution in [1.29, 1.82) is 0 Å². The van der Waals surface area contributed by atoms with Crippen LogP contribution in [0.15, 0.2) is 32.5 Å². The third-order valence-electron chi connectivity index (χ3n) is 2.49. The number of halogens is 2. The van der Waals surface area contributed by atoms with E-state index in [0.29, 0.717) is 15.0 Å². The number of benzene rings is 1. The van der Waals surface area contributed by atoms with E-state index in [1.54, 1.807) is 6.07 Å². The highest BCUT2D eigenvalue weighted by Gasteiger charge is 2.15. The number of nitro benzene ring substituents is 1. The molecule has 0 bridgehead atoms. The summed E-state index contributed by atoms with van der Waals surface area (Å²) in [4.78, 5) is 22.9. The van der Waals surface area contributed by atoms with Gasteiger partial charge in [0, 0.05) is 16.6 Å². The standard InChI is InChI=1S/C12H8Br2N2O3S/c1-6-4-10(20-11(6)14)12(17)15-9-5-7(16(18)19)2-3-8(9)13/h2-5H,1H3,(H,15,17). The van der Waals surface area contributed by atoms with Gasteiger partial charge < -0.3 is 5.32 Å². The van der Waals surface area contributed by atoms with Crippen LogP contribution < -0.4 is 5.32 Å². The molecule has 1 amide bonds. The Balaban J connectivity index is 2.27. The van der Waals surface area contributed by atoms with Crippen LogP contribution in [-0.2, 0) is 0 Å². The second-order valence-electron chi connectivity index (χ2n) is 3.94. The molecule has 1 aromatic heterocycles. The molecule has 0 atom stereocenters. The van der Waals surface area contributed by atoms with E-state index in [0.717, 1.165) is 9.35 Å². The number of aryl methyl sites for hydroxylation is 1. The van der Waals surface area contributed by atoms with E-state index >= 15 is 0 Å². The van der Waals surface area contributed by atoms with E-state index < -0.39 is 4.92 Å². The van der Waals surface area contributed by atoms with Crippen molar-refractivity contribution in [2.75, 3.05) is 5.32 Å². The Kier molecular flexibility index (Phi) is 4.56. The summed E-state index contributed by atoms with van der Waals surface area (Å²) in [6.45, 7) is 1.89. The Hall–Kier alpha value is -1.25. The van der Waals surface area contributed by atoms with Crippen molar-refractivity contribution in [1.82, 2.24) is 0 Å². The normalized spacial score (nSPS) is 10.3. The minimum Gasteiger partial charge on any atom is -0.320 e. The molecule has 1 heterocycles. The molecule has 104 valence electrons. The van der Waals surface area contributed by atoms with Gasteiger partial charge in [0.2, 0.25) is 0 Å². The lowest BCUT2D eigenvalue weighted by Gasteiger charge is -2.05. The fraction of sp³-hybridized carbons (Fsp3) is 0.0833. The predicted octanol–water partition coefficient (Wildman–Crippen LogP) is 4.74. The van der Waals surface area contributed by atoms with Crippen LogP contribution in [0.3, 0.4) is 0 Å². The van der Waals surface area contributed by atoms with E-state index in [2.05, 4.69) is 37.2 Å². The maximum absolute atomic E-state index is 12.1. The van der Waals surface area contributed by atoms with Crippen molar-refractivity contribution >= 4 is 60.5 Å². The van der Waals surface area contributed by atoms with Gasteiger partial charge in [-0.15, -0.1) is 11.3 Å². The average Bonchev–Trinajstić information content (AvgIpc) is 2.72. The summed E-state index contributed by atoms with van der Waals surface area (Å²) in [6.07, 6.45) is 0. The van der Waals surface area contributed by atoms with Crippen LogP contribution >= 0.6 is 43.2 Å². The van der Waals surface area contributed by atoms with Gasteiger partial charge in [-0.25, -0.2) is 0 Å². The van der Waals surface area contributed by atoms with Crippen LogP contribution in [0.4, 0.5) is 11.4 Å². The van der Waals surface area contributed by atoms with Gasteiger partial charge in [-0.3, -0.25) is 14.9 Å². The second-order valence-corrected chi connectivity index (χ2v) is 7.17. The minimum atomic E-state index is -0.506. The van der Waals surface area contributed by atoms with E-state index in [9.17, 15) is 14.9 Å². The van der Waals surface area contributed by atoms with Gasteiger partial charge in [-0.2, -0.15) is 0 Å². The number of nitrogens with one attached hydrogen (secondary N) is 1. The number of anilines is 1. The van der Waals surface area contributed by atoms with Crippen molar-refractivity contribution in [3.05, 3.63) is 53.1 Å². The van der Waals surface area contributed by atoms with Gasteiger partial charge in [-0.05, 0) is 56.5 Å². The van der Waals surface area contributed by atoms with Gasteiger partial charge in [0.1, 0.15) is 0 Å². The highest BCUT2D eigenvalue weighted by Crippen LogP contribution is 2.30. The highest BCUT2D eigenvalue weighted by atomic mass is 79.9. The molecule has 0 radical (unpaired) electrons. The molecule has 2 rings (SSSR count). The van der Waals surface area contributed by atoms with Crippen molar-refractivity contribution in [3.63, 3.8) is 0 Å². The molecule has 0 fully saturated rings. The Morgan fingerprint density at radius 2 is 2.05 bits per heavy atom. The molecule has 8 heteroatoms. The summed E-state index contributed by atoms with van der Waals surface area (Å²) < 4.78 is 1.48.